The van der Waals surface area contributed by atoms with Crippen LogP contribution in [-0.2, 0) is 4.79 Å². The highest BCUT2D eigenvalue weighted by atomic mass is 16.2. The van der Waals surface area contributed by atoms with Crippen molar-refractivity contribution in [1.82, 2.24) is 4.98 Å². The number of carbonyl (C=O) groups is 2. The number of benzene rings is 2. The van der Waals surface area contributed by atoms with E-state index in [4.69, 9.17) is 0 Å². The van der Waals surface area contributed by atoms with E-state index >= 15 is 0 Å². The average Bonchev–Trinajstić information content (AvgIpc) is 2.63. The minimum absolute atomic E-state index is 0.143. The lowest BCUT2D eigenvalue weighted by Gasteiger charge is -2.10. The molecule has 6 nitrogen and oxygen atoms in total. The first-order valence-corrected chi connectivity index (χ1v) is 8.47. The summed E-state index contributed by atoms with van der Waals surface area (Å²) in [4.78, 5) is 27.7. The summed E-state index contributed by atoms with van der Waals surface area (Å²) >= 11 is 0. The van der Waals surface area contributed by atoms with Crippen molar-refractivity contribution in [2.45, 2.75) is 13.8 Å². The van der Waals surface area contributed by atoms with E-state index in [0.29, 0.717) is 16.9 Å². The van der Waals surface area contributed by atoms with Gasteiger partial charge in [-0.25, -0.2) is 0 Å². The van der Waals surface area contributed by atoms with Gasteiger partial charge in [-0.15, -0.1) is 0 Å². The lowest BCUT2D eigenvalue weighted by molar-refractivity contribution is -0.114. The van der Waals surface area contributed by atoms with E-state index in [1.54, 1.807) is 36.5 Å². The monoisotopic (exact) mass is 360 g/mol. The first kappa shape index (κ1) is 18.1. The summed E-state index contributed by atoms with van der Waals surface area (Å²) in [6.07, 6.45) is 3.18. The average molecular weight is 360 g/mol. The standard InChI is InChI=1S/C21H20N4O2/c1-14-4-3-5-19(10-14)24-20-11-16(12-22-13-20)21(27)25-18-8-6-17(7-9-18)23-15(2)26/h3-13,24H,1-2H3,(H,23,26)(H,25,27). The molecule has 2 amide bonds. The Balaban J connectivity index is 1.69. The van der Waals surface area contributed by atoms with Crippen LogP contribution in [0.4, 0.5) is 22.7 Å². The minimum Gasteiger partial charge on any atom is -0.354 e. The number of carbonyl (C=O) groups excluding carboxylic acids is 2. The van der Waals surface area contributed by atoms with Gasteiger partial charge in [-0.05, 0) is 55.0 Å². The van der Waals surface area contributed by atoms with Gasteiger partial charge >= 0.3 is 0 Å². The Bertz CT molecular complexity index is 968. The summed E-state index contributed by atoms with van der Waals surface area (Å²) in [7, 11) is 0. The molecule has 3 rings (SSSR count). The third-order valence-electron chi connectivity index (χ3n) is 3.77. The summed E-state index contributed by atoms with van der Waals surface area (Å²) in [5.41, 5.74) is 4.55. The number of hydrogen-bond donors (Lipinski definition) is 3. The van der Waals surface area contributed by atoms with Crippen LogP contribution in [0.15, 0.2) is 67.0 Å². The highest BCUT2D eigenvalue weighted by Crippen LogP contribution is 2.19. The number of pyridine rings is 1. The van der Waals surface area contributed by atoms with Gasteiger partial charge in [-0.3, -0.25) is 14.6 Å². The van der Waals surface area contributed by atoms with Gasteiger partial charge in [0.25, 0.3) is 5.91 Å². The van der Waals surface area contributed by atoms with Crippen LogP contribution >= 0.6 is 0 Å². The van der Waals surface area contributed by atoms with Gasteiger partial charge in [0.15, 0.2) is 0 Å². The zero-order chi connectivity index (χ0) is 19.2. The second-order valence-corrected chi connectivity index (χ2v) is 6.17. The number of aryl methyl sites for hydroxylation is 1. The number of hydrogen-bond acceptors (Lipinski definition) is 4. The Morgan fingerprint density at radius 2 is 1.52 bits per heavy atom. The Hall–Kier alpha value is -3.67. The number of aromatic nitrogens is 1. The first-order valence-electron chi connectivity index (χ1n) is 8.47. The van der Waals surface area contributed by atoms with Crippen molar-refractivity contribution in [2.75, 3.05) is 16.0 Å². The van der Waals surface area contributed by atoms with Crippen LogP contribution < -0.4 is 16.0 Å². The van der Waals surface area contributed by atoms with Crippen molar-refractivity contribution >= 4 is 34.6 Å². The van der Waals surface area contributed by atoms with Crippen molar-refractivity contribution in [3.05, 3.63) is 78.1 Å². The van der Waals surface area contributed by atoms with Gasteiger partial charge in [0.2, 0.25) is 5.91 Å². The molecule has 0 fully saturated rings. The van der Waals surface area contributed by atoms with E-state index in [-0.39, 0.29) is 11.8 Å². The molecule has 0 aliphatic carbocycles. The largest absolute Gasteiger partial charge is 0.354 e. The summed E-state index contributed by atoms with van der Waals surface area (Å²) < 4.78 is 0. The van der Waals surface area contributed by atoms with Gasteiger partial charge in [0.05, 0.1) is 17.4 Å². The van der Waals surface area contributed by atoms with Gasteiger partial charge in [-0.2, -0.15) is 0 Å². The maximum Gasteiger partial charge on any atom is 0.257 e. The molecule has 136 valence electrons. The number of anilines is 4. The zero-order valence-electron chi connectivity index (χ0n) is 15.1. The Kier molecular flexibility index (Phi) is 5.47. The van der Waals surface area contributed by atoms with Crippen LogP contribution in [0.25, 0.3) is 0 Å². The van der Waals surface area contributed by atoms with Crippen molar-refractivity contribution in [3.63, 3.8) is 0 Å². The molecular formula is C21H20N4O2. The van der Waals surface area contributed by atoms with E-state index in [9.17, 15) is 9.59 Å². The molecule has 0 spiro atoms. The molecule has 2 aromatic carbocycles. The molecule has 0 atom stereocenters. The van der Waals surface area contributed by atoms with Crippen LogP contribution in [0.5, 0.6) is 0 Å². The molecule has 1 heterocycles. The molecule has 0 radical (unpaired) electrons. The Morgan fingerprint density at radius 3 is 2.19 bits per heavy atom. The van der Waals surface area contributed by atoms with E-state index < -0.39 is 0 Å². The molecule has 3 aromatic rings. The molecule has 6 heteroatoms. The molecular weight excluding hydrogens is 340 g/mol. The summed E-state index contributed by atoms with van der Waals surface area (Å²) in [5.74, 6) is -0.404. The molecule has 0 aliphatic rings. The Morgan fingerprint density at radius 1 is 0.815 bits per heavy atom. The maximum absolute atomic E-state index is 12.5. The number of amides is 2. The second kappa shape index (κ2) is 8.14. The zero-order valence-corrected chi connectivity index (χ0v) is 15.1. The van der Waals surface area contributed by atoms with E-state index in [1.807, 2.05) is 31.2 Å². The topological polar surface area (TPSA) is 83.1 Å². The van der Waals surface area contributed by atoms with Gasteiger partial charge < -0.3 is 16.0 Å². The van der Waals surface area contributed by atoms with Crippen molar-refractivity contribution < 1.29 is 9.59 Å². The second-order valence-electron chi connectivity index (χ2n) is 6.17. The van der Waals surface area contributed by atoms with E-state index in [1.165, 1.54) is 13.1 Å². The predicted octanol–water partition coefficient (Wildman–Crippen LogP) is 4.34. The molecule has 0 saturated heterocycles. The smallest absolute Gasteiger partial charge is 0.257 e. The summed E-state index contributed by atoms with van der Waals surface area (Å²) in [6.45, 7) is 3.46. The molecule has 0 saturated carbocycles. The fourth-order valence-corrected chi connectivity index (χ4v) is 2.57. The van der Waals surface area contributed by atoms with Crippen LogP contribution in [0, 0.1) is 6.92 Å². The van der Waals surface area contributed by atoms with Crippen molar-refractivity contribution in [2.24, 2.45) is 0 Å². The molecule has 3 N–H and O–H groups in total. The highest BCUT2D eigenvalue weighted by molar-refractivity contribution is 6.04. The van der Waals surface area contributed by atoms with Crippen molar-refractivity contribution in [3.8, 4) is 0 Å². The first-order chi connectivity index (χ1) is 13.0. The van der Waals surface area contributed by atoms with Crippen LogP contribution in [0.1, 0.15) is 22.8 Å². The fourth-order valence-electron chi connectivity index (χ4n) is 2.57. The van der Waals surface area contributed by atoms with Crippen LogP contribution in [0.2, 0.25) is 0 Å². The van der Waals surface area contributed by atoms with E-state index in [0.717, 1.165) is 16.9 Å². The third kappa shape index (κ3) is 5.15. The maximum atomic E-state index is 12.5. The van der Waals surface area contributed by atoms with Crippen molar-refractivity contribution in [1.29, 1.82) is 0 Å². The minimum atomic E-state index is -0.261. The lowest BCUT2D eigenvalue weighted by atomic mass is 10.2. The number of nitrogens with zero attached hydrogens (tertiary/aromatic N) is 1. The summed E-state index contributed by atoms with van der Waals surface area (Å²) in [5, 5.41) is 8.75. The third-order valence-corrected chi connectivity index (χ3v) is 3.77. The molecule has 0 aliphatic heterocycles. The number of nitrogens with one attached hydrogen (secondary N) is 3. The van der Waals surface area contributed by atoms with Crippen LogP contribution in [0.3, 0.4) is 0 Å². The van der Waals surface area contributed by atoms with Crippen LogP contribution in [-0.4, -0.2) is 16.8 Å². The highest BCUT2D eigenvalue weighted by Gasteiger charge is 2.08. The SMILES string of the molecule is CC(=O)Nc1ccc(NC(=O)c2cncc(Nc3cccc(C)c3)c2)cc1. The fraction of sp³-hybridized carbons (Fsp3) is 0.0952. The predicted molar refractivity (Wildman–Crippen MR) is 107 cm³/mol. The van der Waals surface area contributed by atoms with Gasteiger partial charge in [0.1, 0.15) is 0 Å². The van der Waals surface area contributed by atoms with Gasteiger partial charge in [-0.1, -0.05) is 12.1 Å². The normalized spacial score (nSPS) is 10.1. The van der Waals surface area contributed by atoms with Gasteiger partial charge in [0, 0.05) is 30.2 Å². The lowest BCUT2D eigenvalue weighted by Crippen LogP contribution is -2.12. The quantitative estimate of drug-likeness (QED) is 0.632. The molecule has 0 unspecified atom stereocenters. The molecule has 1 aromatic heterocycles. The summed E-state index contributed by atoms with van der Waals surface area (Å²) in [6, 6.07) is 16.6. The number of rotatable bonds is 5. The molecule has 27 heavy (non-hydrogen) atoms. The molecule has 0 bridgehead atoms. The van der Waals surface area contributed by atoms with E-state index in [2.05, 4.69) is 20.9 Å². The Labute approximate surface area is 157 Å².